The minimum Gasteiger partial charge on any atom is -0.0857 e. The Hall–Kier alpha value is -0.860. The van der Waals surface area contributed by atoms with E-state index in [1.807, 2.05) is 6.07 Å². The molecule has 0 spiro atoms. The van der Waals surface area contributed by atoms with Crippen molar-refractivity contribution < 1.29 is 0 Å². The van der Waals surface area contributed by atoms with Gasteiger partial charge in [-0.3, -0.25) is 0 Å². The van der Waals surface area contributed by atoms with E-state index >= 15 is 0 Å². The Kier molecular flexibility index (Phi) is 2.62. The fourth-order valence-corrected chi connectivity index (χ4v) is 2.23. The average molecular weight is 204 g/mol. The third-order valence-electron chi connectivity index (χ3n) is 1.92. The third kappa shape index (κ3) is 1.74. The third-order valence-corrected chi connectivity index (χ3v) is 2.92. The molecule has 0 atom stereocenters. The summed E-state index contributed by atoms with van der Waals surface area (Å²) in [7, 11) is 0. The van der Waals surface area contributed by atoms with Crippen LogP contribution >= 0.6 is 24.0 Å². The molecule has 0 saturated heterocycles. The lowest BCUT2D eigenvalue weighted by atomic mass is 10.1. The van der Waals surface area contributed by atoms with Crippen LogP contribution in [0.2, 0.25) is 0 Å². The summed E-state index contributed by atoms with van der Waals surface area (Å²) >= 11 is 6.43. The molecular formula is C11H8S2. The maximum atomic E-state index is 4.83. The van der Waals surface area contributed by atoms with Gasteiger partial charge in [-0.25, -0.2) is 0 Å². The number of hydrogen-bond donors (Lipinski definition) is 0. The summed E-state index contributed by atoms with van der Waals surface area (Å²) in [6.45, 7) is 0. The highest BCUT2D eigenvalue weighted by molar-refractivity contribution is 8.20. The molecule has 0 N–H and O–H groups in total. The zero-order valence-electron chi connectivity index (χ0n) is 6.94. The van der Waals surface area contributed by atoms with Crippen LogP contribution in [-0.2, 0) is 0 Å². The van der Waals surface area contributed by atoms with Gasteiger partial charge in [-0.05, 0) is 16.8 Å². The normalized spacial score (nSPS) is 10.2. The van der Waals surface area contributed by atoms with E-state index in [4.69, 9.17) is 12.2 Å². The maximum absolute atomic E-state index is 4.83. The van der Waals surface area contributed by atoms with E-state index in [0.29, 0.717) is 0 Å². The van der Waals surface area contributed by atoms with Crippen LogP contribution in [0, 0.1) is 0 Å². The number of thiocarbonyl (C=S) groups is 1. The van der Waals surface area contributed by atoms with Gasteiger partial charge in [-0.15, -0.1) is 0 Å². The lowest BCUT2D eigenvalue weighted by Gasteiger charge is -2.01. The molecule has 2 aromatic carbocycles. The van der Waals surface area contributed by atoms with Crippen LogP contribution in [0.1, 0.15) is 0 Å². The minimum absolute atomic E-state index is 1.23. The molecule has 0 unspecified atom stereocenters. The van der Waals surface area contributed by atoms with Gasteiger partial charge in [0.1, 0.15) is 0 Å². The number of benzene rings is 2. The highest BCUT2D eigenvalue weighted by Gasteiger charge is 1.97. The van der Waals surface area contributed by atoms with Gasteiger partial charge in [-0.1, -0.05) is 60.4 Å². The van der Waals surface area contributed by atoms with E-state index in [0.717, 1.165) is 0 Å². The predicted octanol–water partition coefficient (Wildman–Crippen LogP) is 3.89. The molecule has 0 nitrogen and oxygen atoms in total. The van der Waals surface area contributed by atoms with Crippen LogP contribution in [0.3, 0.4) is 0 Å². The molecule has 0 aliphatic heterocycles. The molecule has 2 heteroatoms. The summed E-state index contributed by atoms with van der Waals surface area (Å²) in [5, 5.41) is 2.54. The zero-order valence-corrected chi connectivity index (χ0v) is 8.57. The molecule has 0 aliphatic carbocycles. The van der Waals surface area contributed by atoms with E-state index in [1.54, 1.807) is 16.5 Å². The van der Waals surface area contributed by atoms with E-state index in [9.17, 15) is 0 Å². The van der Waals surface area contributed by atoms with E-state index in [-0.39, 0.29) is 0 Å². The fourth-order valence-electron chi connectivity index (χ4n) is 1.35. The van der Waals surface area contributed by atoms with Gasteiger partial charge in [0.15, 0.2) is 0 Å². The van der Waals surface area contributed by atoms with Gasteiger partial charge >= 0.3 is 0 Å². The lowest BCUT2D eigenvalue weighted by molar-refractivity contribution is 1.56. The largest absolute Gasteiger partial charge is 0.0857 e. The average Bonchev–Trinajstić information content (AvgIpc) is 2.19. The molecule has 13 heavy (non-hydrogen) atoms. The number of thioether (sulfide) groups is 1. The predicted molar refractivity (Wildman–Crippen MR) is 63.5 cm³/mol. The van der Waals surface area contributed by atoms with Crippen molar-refractivity contribution in [1.82, 2.24) is 0 Å². The van der Waals surface area contributed by atoms with Gasteiger partial charge in [0.2, 0.25) is 0 Å². The summed E-state index contributed by atoms with van der Waals surface area (Å²) in [5.74, 6) is 0. The summed E-state index contributed by atoms with van der Waals surface area (Å²) in [4.78, 5) is 1.23. The Labute approximate surface area is 87.0 Å². The molecule has 2 rings (SSSR count). The second-order valence-electron chi connectivity index (χ2n) is 2.69. The molecule has 0 amide bonds. The molecule has 0 heterocycles. The maximum Gasteiger partial charge on any atom is 0.0391 e. The van der Waals surface area contributed by atoms with Gasteiger partial charge in [0, 0.05) is 9.59 Å². The Morgan fingerprint density at radius 1 is 1.00 bits per heavy atom. The minimum atomic E-state index is 1.23. The van der Waals surface area contributed by atoms with Crippen molar-refractivity contribution in [3.05, 3.63) is 42.5 Å². The van der Waals surface area contributed by atoms with Gasteiger partial charge in [0.05, 0.1) is 0 Å². The Morgan fingerprint density at radius 3 is 2.62 bits per heavy atom. The number of fused-ring (bicyclic) bond motifs is 1. The number of rotatable bonds is 2. The second kappa shape index (κ2) is 3.90. The van der Waals surface area contributed by atoms with E-state index < -0.39 is 0 Å². The molecule has 0 fully saturated rings. The van der Waals surface area contributed by atoms with Crippen molar-refractivity contribution in [2.75, 3.05) is 0 Å². The summed E-state index contributed by atoms with van der Waals surface area (Å²) < 4.78 is 1.70. The first-order valence-corrected chi connectivity index (χ1v) is 5.35. The van der Waals surface area contributed by atoms with Crippen LogP contribution in [0.4, 0.5) is 0 Å². The molecule has 0 radical (unpaired) electrons. The van der Waals surface area contributed by atoms with Crippen LogP contribution in [0.25, 0.3) is 10.8 Å². The first kappa shape index (κ1) is 8.73. The first-order valence-electron chi connectivity index (χ1n) is 4.00. The Morgan fingerprint density at radius 2 is 1.77 bits per heavy atom. The molecule has 0 aliphatic rings. The number of hydrogen-bond acceptors (Lipinski definition) is 2. The lowest BCUT2D eigenvalue weighted by Crippen LogP contribution is -1.75. The molecule has 0 aromatic heterocycles. The van der Waals surface area contributed by atoms with Crippen molar-refractivity contribution in [2.24, 2.45) is 0 Å². The first-order chi connectivity index (χ1) is 6.42. The van der Waals surface area contributed by atoms with E-state index in [2.05, 4.69) is 36.4 Å². The molecule has 0 bridgehead atoms. The van der Waals surface area contributed by atoms with Gasteiger partial charge in [-0.2, -0.15) is 0 Å². The highest BCUT2D eigenvalue weighted by Crippen LogP contribution is 2.26. The topological polar surface area (TPSA) is 0 Å². The van der Waals surface area contributed by atoms with Crippen molar-refractivity contribution in [3.63, 3.8) is 0 Å². The molecule has 2 aromatic rings. The van der Waals surface area contributed by atoms with Crippen LogP contribution < -0.4 is 0 Å². The van der Waals surface area contributed by atoms with Crippen LogP contribution in [0.5, 0.6) is 0 Å². The smallest absolute Gasteiger partial charge is 0.0391 e. The highest BCUT2D eigenvalue weighted by atomic mass is 32.2. The van der Waals surface area contributed by atoms with Crippen molar-refractivity contribution in [1.29, 1.82) is 0 Å². The van der Waals surface area contributed by atoms with Crippen molar-refractivity contribution in [2.45, 2.75) is 4.90 Å². The quantitative estimate of drug-likeness (QED) is 0.537. The van der Waals surface area contributed by atoms with Gasteiger partial charge in [0.25, 0.3) is 0 Å². The molecule has 0 saturated carbocycles. The van der Waals surface area contributed by atoms with Crippen molar-refractivity contribution in [3.8, 4) is 0 Å². The molecule has 64 valence electrons. The molecular weight excluding hydrogens is 196 g/mol. The SMILES string of the molecule is S=CSc1cccc2ccccc12. The summed E-state index contributed by atoms with van der Waals surface area (Å²) in [6.07, 6.45) is 0. The zero-order chi connectivity index (χ0) is 9.10. The monoisotopic (exact) mass is 204 g/mol. The summed E-state index contributed by atoms with van der Waals surface area (Å²) in [6, 6.07) is 14.6. The van der Waals surface area contributed by atoms with Crippen molar-refractivity contribution >= 4 is 39.5 Å². The van der Waals surface area contributed by atoms with Crippen LogP contribution in [0.15, 0.2) is 47.4 Å². The Bertz CT molecular complexity index is 430. The fraction of sp³-hybridized carbons (Fsp3) is 0. The second-order valence-corrected chi connectivity index (χ2v) is 4.14. The standard InChI is InChI=1S/C11H8S2/c12-8-13-11-7-3-5-9-4-1-2-6-10(9)11/h1-8H. The summed E-state index contributed by atoms with van der Waals surface area (Å²) in [5.41, 5.74) is 0. The van der Waals surface area contributed by atoms with E-state index in [1.165, 1.54) is 15.7 Å². The van der Waals surface area contributed by atoms with Crippen LogP contribution in [-0.4, -0.2) is 4.70 Å². The van der Waals surface area contributed by atoms with Gasteiger partial charge < -0.3 is 0 Å². The Balaban J connectivity index is 2.68.